The van der Waals surface area contributed by atoms with Gasteiger partial charge in [-0.3, -0.25) is 4.79 Å². The molecule has 1 amide bonds. The van der Waals surface area contributed by atoms with Crippen molar-refractivity contribution in [3.8, 4) is 5.75 Å². The number of nitrogen functional groups attached to an aromatic ring is 1. The topological polar surface area (TPSA) is 84.6 Å². The summed E-state index contributed by atoms with van der Waals surface area (Å²) in [6.07, 6.45) is 0.0721. The summed E-state index contributed by atoms with van der Waals surface area (Å²) in [6, 6.07) is 4.88. The largest absolute Gasteiger partial charge is 0.494 e. The third-order valence-electron chi connectivity index (χ3n) is 2.47. The molecule has 0 aliphatic heterocycles. The highest BCUT2D eigenvalue weighted by molar-refractivity contribution is 5.95. The quantitative estimate of drug-likeness (QED) is 0.663. The number of amides is 1. The first-order valence-electron chi connectivity index (χ1n) is 6.06. The number of carbonyl (C=O) groups is 1. The van der Waals surface area contributed by atoms with Crippen LogP contribution in [-0.2, 0) is 0 Å². The van der Waals surface area contributed by atoms with Gasteiger partial charge in [0.25, 0.3) is 5.91 Å². The molecule has 1 aromatic rings. The minimum atomic E-state index is -0.527. The lowest BCUT2D eigenvalue weighted by atomic mass is 10.1. The molecule has 0 heterocycles. The van der Waals surface area contributed by atoms with Crippen molar-refractivity contribution in [2.45, 2.75) is 26.4 Å². The van der Waals surface area contributed by atoms with Crippen molar-refractivity contribution in [3.05, 3.63) is 23.8 Å². The zero-order chi connectivity index (χ0) is 13.5. The van der Waals surface area contributed by atoms with Crippen molar-refractivity contribution >= 4 is 11.6 Å². The molecule has 0 saturated carbocycles. The Balaban J connectivity index is 2.72. The first-order chi connectivity index (χ1) is 8.56. The molecule has 1 rings (SSSR count). The van der Waals surface area contributed by atoms with Gasteiger partial charge in [0.2, 0.25) is 0 Å². The van der Waals surface area contributed by atoms with Crippen LogP contribution >= 0.6 is 0 Å². The molecule has 1 aromatic carbocycles. The van der Waals surface area contributed by atoms with Crippen molar-refractivity contribution in [2.75, 3.05) is 18.9 Å². The highest BCUT2D eigenvalue weighted by Crippen LogP contribution is 2.18. The second-order valence-corrected chi connectivity index (χ2v) is 4.00. The molecule has 0 spiro atoms. The van der Waals surface area contributed by atoms with Gasteiger partial charge in [0.1, 0.15) is 5.75 Å². The van der Waals surface area contributed by atoms with Gasteiger partial charge in [-0.05, 0) is 25.5 Å². The standard InChI is InChI=1S/C13H20N2O3/c1-3-11(16)8-15-13(17)9-5-10(14)7-12(6-9)18-4-2/h5-7,11,16H,3-4,8,14H2,1-2H3,(H,15,17). The zero-order valence-corrected chi connectivity index (χ0v) is 10.8. The van der Waals surface area contributed by atoms with E-state index in [2.05, 4.69) is 5.32 Å². The van der Waals surface area contributed by atoms with Crippen LogP contribution in [-0.4, -0.2) is 30.3 Å². The number of carbonyl (C=O) groups excluding carboxylic acids is 1. The molecule has 0 radical (unpaired) electrons. The summed E-state index contributed by atoms with van der Waals surface area (Å²) in [5, 5.41) is 12.0. The Kier molecular flexibility index (Phi) is 5.45. The van der Waals surface area contributed by atoms with E-state index in [1.54, 1.807) is 18.2 Å². The molecule has 0 fully saturated rings. The lowest BCUT2D eigenvalue weighted by molar-refractivity contribution is 0.0913. The second kappa shape index (κ2) is 6.86. The molecule has 4 N–H and O–H groups in total. The molecule has 0 saturated heterocycles. The average molecular weight is 252 g/mol. The molecule has 0 bridgehead atoms. The van der Waals surface area contributed by atoms with Crippen molar-refractivity contribution in [1.29, 1.82) is 0 Å². The van der Waals surface area contributed by atoms with Crippen LogP contribution < -0.4 is 15.8 Å². The van der Waals surface area contributed by atoms with E-state index in [-0.39, 0.29) is 12.5 Å². The summed E-state index contributed by atoms with van der Waals surface area (Å²) in [5.41, 5.74) is 6.61. The summed E-state index contributed by atoms with van der Waals surface area (Å²) in [5.74, 6) is 0.300. The molecule has 1 unspecified atom stereocenters. The van der Waals surface area contributed by atoms with Gasteiger partial charge in [0.15, 0.2) is 0 Å². The molecular weight excluding hydrogens is 232 g/mol. The van der Waals surface area contributed by atoms with Gasteiger partial charge in [-0.15, -0.1) is 0 Å². The lowest BCUT2D eigenvalue weighted by Crippen LogP contribution is -2.31. The number of rotatable bonds is 6. The first kappa shape index (κ1) is 14.3. The zero-order valence-electron chi connectivity index (χ0n) is 10.8. The van der Waals surface area contributed by atoms with E-state index < -0.39 is 6.10 Å². The number of hydrogen-bond donors (Lipinski definition) is 3. The lowest BCUT2D eigenvalue weighted by Gasteiger charge is -2.11. The second-order valence-electron chi connectivity index (χ2n) is 4.00. The molecule has 5 heteroatoms. The van der Waals surface area contributed by atoms with Crippen molar-refractivity contribution in [2.24, 2.45) is 0 Å². The first-order valence-corrected chi connectivity index (χ1v) is 6.06. The molecule has 18 heavy (non-hydrogen) atoms. The number of aliphatic hydroxyl groups excluding tert-OH is 1. The Morgan fingerprint density at radius 3 is 2.78 bits per heavy atom. The summed E-state index contributed by atoms with van der Waals surface area (Å²) in [6.45, 7) is 4.46. The third-order valence-corrected chi connectivity index (χ3v) is 2.47. The SMILES string of the molecule is CCOc1cc(N)cc(C(=O)NCC(O)CC)c1. The van der Waals surface area contributed by atoms with Crippen LogP contribution in [0.25, 0.3) is 0 Å². The van der Waals surface area contributed by atoms with Gasteiger partial charge in [-0.2, -0.15) is 0 Å². The van der Waals surface area contributed by atoms with Gasteiger partial charge in [0, 0.05) is 23.9 Å². The van der Waals surface area contributed by atoms with Gasteiger partial charge in [0.05, 0.1) is 12.7 Å². The summed E-state index contributed by atoms with van der Waals surface area (Å²) >= 11 is 0. The van der Waals surface area contributed by atoms with Crippen molar-refractivity contribution in [3.63, 3.8) is 0 Å². The van der Waals surface area contributed by atoms with Crippen LogP contribution in [0.4, 0.5) is 5.69 Å². The Morgan fingerprint density at radius 2 is 2.17 bits per heavy atom. The molecule has 0 aliphatic carbocycles. The van der Waals surface area contributed by atoms with Crippen molar-refractivity contribution in [1.82, 2.24) is 5.32 Å². The summed E-state index contributed by atoms with van der Waals surface area (Å²) in [4.78, 5) is 11.8. The van der Waals surface area contributed by atoms with Gasteiger partial charge in [-0.1, -0.05) is 6.92 Å². The van der Waals surface area contributed by atoms with Gasteiger partial charge >= 0.3 is 0 Å². The average Bonchev–Trinajstić information content (AvgIpc) is 2.35. The predicted molar refractivity (Wildman–Crippen MR) is 70.7 cm³/mol. The Morgan fingerprint density at radius 1 is 1.44 bits per heavy atom. The number of ether oxygens (including phenoxy) is 1. The number of hydrogen-bond acceptors (Lipinski definition) is 4. The highest BCUT2D eigenvalue weighted by Gasteiger charge is 2.10. The number of aliphatic hydroxyl groups is 1. The fraction of sp³-hybridized carbons (Fsp3) is 0.462. The predicted octanol–water partition coefficient (Wildman–Crippen LogP) is 1.17. The molecular formula is C13H20N2O3. The fourth-order valence-electron chi connectivity index (χ4n) is 1.46. The summed E-state index contributed by atoms with van der Waals surface area (Å²) in [7, 11) is 0. The summed E-state index contributed by atoms with van der Waals surface area (Å²) < 4.78 is 5.31. The van der Waals surface area contributed by atoms with E-state index in [0.29, 0.717) is 30.0 Å². The normalized spacial score (nSPS) is 11.9. The number of anilines is 1. The van der Waals surface area contributed by atoms with Gasteiger partial charge < -0.3 is 20.9 Å². The van der Waals surface area contributed by atoms with E-state index in [9.17, 15) is 9.90 Å². The van der Waals surface area contributed by atoms with Gasteiger partial charge in [-0.25, -0.2) is 0 Å². The van der Waals surface area contributed by atoms with E-state index in [0.717, 1.165) is 0 Å². The molecule has 100 valence electrons. The number of benzene rings is 1. The van der Waals surface area contributed by atoms with Crippen LogP contribution in [0.15, 0.2) is 18.2 Å². The van der Waals surface area contributed by atoms with Crippen LogP contribution in [0, 0.1) is 0 Å². The Labute approximate surface area is 107 Å². The van der Waals surface area contributed by atoms with Crippen LogP contribution in [0.5, 0.6) is 5.75 Å². The molecule has 0 aliphatic rings. The maximum Gasteiger partial charge on any atom is 0.251 e. The smallest absolute Gasteiger partial charge is 0.251 e. The minimum Gasteiger partial charge on any atom is -0.494 e. The van der Waals surface area contributed by atoms with Crippen LogP contribution in [0.3, 0.4) is 0 Å². The van der Waals surface area contributed by atoms with E-state index in [1.807, 2.05) is 13.8 Å². The van der Waals surface area contributed by atoms with E-state index in [1.165, 1.54) is 0 Å². The van der Waals surface area contributed by atoms with Crippen LogP contribution in [0.2, 0.25) is 0 Å². The molecule has 0 aromatic heterocycles. The Hall–Kier alpha value is -1.75. The maximum atomic E-state index is 11.8. The van der Waals surface area contributed by atoms with E-state index in [4.69, 9.17) is 10.5 Å². The Bertz CT molecular complexity index is 407. The highest BCUT2D eigenvalue weighted by atomic mass is 16.5. The van der Waals surface area contributed by atoms with Crippen molar-refractivity contribution < 1.29 is 14.6 Å². The minimum absolute atomic E-state index is 0.230. The molecule has 1 atom stereocenters. The number of nitrogens with one attached hydrogen (secondary N) is 1. The third kappa shape index (κ3) is 4.25. The maximum absolute atomic E-state index is 11.8. The van der Waals surface area contributed by atoms with E-state index >= 15 is 0 Å². The fourth-order valence-corrected chi connectivity index (χ4v) is 1.46. The molecule has 5 nitrogen and oxygen atoms in total. The number of nitrogens with two attached hydrogens (primary N) is 1. The monoisotopic (exact) mass is 252 g/mol. The van der Waals surface area contributed by atoms with Crippen LogP contribution in [0.1, 0.15) is 30.6 Å².